The summed E-state index contributed by atoms with van der Waals surface area (Å²) in [7, 11) is -3.66. The van der Waals surface area contributed by atoms with Gasteiger partial charge in [0, 0.05) is 29.5 Å². The lowest BCUT2D eigenvalue weighted by atomic mass is 10.2. The van der Waals surface area contributed by atoms with Crippen LogP contribution in [0.1, 0.15) is 34.8 Å². The monoisotopic (exact) mass is 432 g/mol. The average Bonchev–Trinajstić information content (AvgIpc) is 3.56. The summed E-state index contributed by atoms with van der Waals surface area (Å²) in [6.07, 6.45) is 4.76. The van der Waals surface area contributed by atoms with E-state index in [1.807, 2.05) is 36.4 Å². The molecule has 1 N–H and O–H groups in total. The van der Waals surface area contributed by atoms with Gasteiger partial charge in [0.1, 0.15) is 5.82 Å². The maximum Gasteiger partial charge on any atom is 0.256 e. The number of benzene rings is 2. The molecule has 2 aromatic carbocycles. The standard InChI is InChI=1S/C23H20N4O3S/c1-31(29,30)23-21-25-19(16-12-13-16)20(26-22(28)17-10-6-3-7-11-17)27(21)14-18(24-23)15-8-4-2-5-9-15/h2-11,14,16H,12-13H2,1H3,(H,26,28). The van der Waals surface area contributed by atoms with Gasteiger partial charge in [-0.25, -0.2) is 18.4 Å². The van der Waals surface area contributed by atoms with E-state index in [0.29, 0.717) is 22.8 Å². The molecule has 4 aromatic rings. The van der Waals surface area contributed by atoms with Gasteiger partial charge in [0.2, 0.25) is 0 Å². The number of hydrogen-bond acceptors (Lipinski definition) is 5. The molecule has 1 saturated carbocycles. The van der Waals surface area contributed by atoms with Gasteiger partial charge in [-0.05, 0) is 25.0 Å². The number of fused-ring (bicyclic) bond motifs is 1. The minimum atomic E-state index is -3.66. The number of sulfone groups is 1. The van der Waals surface area contributed by atoms with Crippen LogP contribution >= 0.6 is 0 Å². The van der Waals surface area contributed by atoms with Crippen LogP contribution in [0.2, 0.25) is 0 Å². The number of amides is 1. The molecule has 1 fully saturated rings. The Morgan fingerprint density at radius 1 is 1.00 bits per heavy atom. The molecule has 0 unspecified atom stereocenters. The van der Waals surface area contributed by atoms with Crippen molar-refractivity contribution in [2.45, 2.75) is 23.8 Å². The van der Waals surface area contributed by atoms with Gasteiger partial charge in [-0.15, -0.1) is 0 Å². The third-order valence-corrected chi connectivity index (χ3v) is 6.23. The SMILES string of the molecule is CS(=O)(=O)c1nc(-c2ccccc2)cn2c(NC(=O)c3ccccc3)c(C3CC3)nc12. The molecule has 0 aliphatic heterocycles. The van der Waals surface area contributed by atoms with E-state index in [9.17, 15) is 13.2 Å². The second-order valence-corrected chi connectivity index (χ2v) is 9.63. The van der Waals surface area contributed by atoms with Crippen LogP contribution in [0.25, 0.3) is 16.9 Å². The molecule has 1 aliphatic rings. The molecule has 0 atom stereocenters. The van der Waals surface area contributed by atoms with Crippen molar-refractivity contribution in [3.05, 3.63) is 78.1 Å². The normalized spacial score (nSPS) is 14.0. The van der Waals surface area contributed by atoms with Gasteiger partial charge in [-0.1, -0.05) is 48.5 Å². The van der Waals surface area contributed by atoms with Gasteiger partial charge in [0.05, 0.1) is 11.4 Å². The zero-order chi connectivity index (χ0) is 21.6. The van der Waals surface area contributed by atoms with Crippen molar-refractivity contribution >= 4 is 27.2 Å². The molecule has 1 amide bonds. The smallest absolute Gasteiger partial charge is 0.256 e. The molecule has 5 rings (SSSR count). The highest BCUT2D eigenvalue weighted by atomic mass is 32.2. The Balaban J connectivity index is 1.74. The van der Waals surface area contributed by atoms with E-state index in [2.05, 4.69) is 15.3 Å². The lowest BCUT2D eigenvalue weighted by Gasteiger charge is -2.10. The molecule has 1 aliphatic carbocycles. The maximum absolute atomic E-state index is 12.9. The van der Waals surface area contributed by atoms with Gasteiger partial charge in [-0.3, -0.25) is 9.20 Å². The van der Waals surface area contributed by atoms with E-state index >= 15 is 0 Å². The summed E-state index contributed by atoms with van der Waals surface area (Å²) in [6, 6.07) is 18.2. The summed E-state index contributed by atoms with van der Waals surface area (Å²) in [6.45, 7) is 0. The highest BCUT2D eigenvalue weighted by Crippen LogP contribution is 2.44. The summed E-state index contributed by atoms with van der Waals surface area (Å²) in [4.78, 5) is 22.0. The number of imidazole rings is 1. The molecule has 31 heavy (non-hydrogen) atoms. The molecular formula is C23H20N4O3S. The fourth-order valence-electron chi connectivity index (χ4n) is 3.57. The molecule has 2 aromatic heterocycles. The van der Waals surface area contributed by atoms with Gasteiger partial charge in [0.25, 0.3) is 5.91 Å². The van der Waals surface area contributed by atoms with E-state index in [-0.39, 0.29) is 22.5 Å². The second kappa shape index (κ2) is 7.31. The zero-order valence-corrected chi connectivity index (χ0v) is 17.6. The van der Waals surface area contributed by atoms with Crippen molar-refractivity contribution in [3.8, 4) is 11.3 Å². The topological polar surface area (TPSA) is 93.4 Å². The number of nitrogens with one attached hydrogen (secondary N) is 1. The Morgan fingerprint density at radius 2 is 1.65 bits per heavy atom. The third-order valence-electron chi connectivity index (χ3n) is 5.26. The average molecular weight is 433 g/mol. The largest absolute Gasteiger partial charge is 0.306 e. The van der Waals surface area contributed by atoms with Crippen molar-refractivity contribution < 1.29 is 13.2 Å². The molecule has 0 radical (unpaired) electrons. The van der Waals surface area contributed by atoms with Gasteiger partial charge in [-0.2, -0.15) is 0 Å². The Morgan fingerprint density at radius 3 is 2.26 bits per heavy atom. The minimum Gasteiger partial charge on any atom is -0.306 e. The minimum absolute atomic E-state index is 0.101. The Kier molecular flexibility index (Phi) is 4.59. The third kappa shape index (κ3) is 3.70. The Bertz CT molecular complexity index is 1390. The Labute approximate surface area is 179 Å². The number of aromatic nitrogens is 3. The number of anilines is 1. The lowest BCUT2D eigenvalue weighted by molar-refractivity contribution is 0.102. The summed E-state index contributed by atoms with van der Waals surface area (Å²) < 4.78 is 26.8. The van der Waals surface area contributed by atoms with Crippen molar-refractivity contribution in [3.63, 3.8) is 0 Å². The van der Waals surface area contributed by atoms with E-state index in [1.165, 1.54) is 0 Å². The molecule has 156 valence electrons. The molecular weight excluding hydrogens is 412 g/mol. The molecule has 7 nitrogen and oxygen atoms in total. The maximum atomic E-state index is 12.9. The van der Waals surface area contributed by atoms with E-state index < -0.39 is 9.84 Å². The molecule has 0 saturated heterocycles. The molecule has 0 spiro atoms. The summed E-state index contributed by atoms with van der Waals surface area (Å²) in [5.41, 5.74) is 2.70. The van der Waals surface area contributed by atoms with Crippen LogP contribution in [0.5, 0.6) is 0 Å². The number of rotatable bonds is 5. The fraction of sp³-hybridized carbons (Fsp3) is 0.174. The number of hydrogen-bond donors (Lipinski definition) is 1. The lowest BCUT2D eigenvalue weighted by Crippen LogP contribution is -2.15. The van der Waals surface area contributed by atoms with Crippen molar-refractivity contribution in [1.29, 1.82) is 0 Å². The Hall–Kier alpha value is -3.52. The molecule has 2 heterocycles. The van der Waals surface area contributed by atoms with E-state index in [0.717, 1.165) is 24.7 Å². The van der Waals surface area contributed by atoms with Crippen LogP contribution in [0.4, 0.5) is 5.82 Å². The molecule has 8 heteroatoms. The first-order chi connectivity index (χ1) is 14.9. The van der Waals surface area contributed by atoms with Gasteiger partial charge in [0.15, 0.2) is 20.5 Å². The number of carbonyl (C=O) groups is 1. The van der Waals surface area contributed by atoms with Crippen molar-refractivity contribution in [2.24, 2.45) is 0 Å². The second-order valence-electron chi connectivity index (χ2n) is 7.70. The predicted octanol–water partition coefficient (Wildman–Crippen LogP) is 3.93. The van der Waals surface area contributed by atoms with Crippen LogP contribution < -0.4 is 5.32 Å². The molecule has 0 bridgehead atoms. The van der Waals surface area contributed by atoms with E-state index in [4.69, 9.17) is 0 Å². The van der Waals surface area contributed by atoms with Crippen LogP contribution in [0.15, 0.2) is 71.9 Å². The number of nitrogens with zero attached hydrogens (tertiary/aromatic N) is 3. The van der Waals surface area contributed by atoms with Crippen molar-refractivity contribution in [2.75, 3.05) is 11.6 Å². The number of carbonyl (C=O) groups excluding carboxylic acids is 1. The summed E-state index contributed by atoms with van der Waals surface area (Å²) >= 11 is 0. The summed E-state index contributed by atoms with van der Waals surface area (Å²) in [5.74, 6) is 0.415. The first kappa shape index (κ1) is 19.4. The van der Waals surface area contributed by atoms with E-state index in [1.54, 1.807) is 34.9 Å². The van der Waals surface area contributed by atoms with Crippen LogP contribution in [-0.2, 0) is 9.84 Å². The van der Waals surface area contributed by atoms with Crippen LogP contribution in [-0.4, -0.2) is 34.9 Å². The predicted molar refractivity (Wildman–Crippen MR) is 118 cm³/mol. The van der Waals surface area contributed by atoms with Crippen LogP contribution in [0, 0.1) is 0 Å². The van der Waals surface area contributed by atoms with Gasteiger partial charge >= 0.3 is 0 Å². The quantitative estimate of drug-likeness (QED) is 0.516. The highest BCUT2D eigenvalue weighted by Gasteiger charge is 2.33. The first-order valence-electron chi connectivity index (χ1n) is 9.96. The zero-order valence-electron chi connectivity index (χ0n) is 16.8. The fourth-order valence-corrected chi connectivity index (χ4v) is 4.31. The first-order valence-corrected chi connectivity index (χ1v) is 11.9. The van der Waals surface area contributed by atoms with Crippen LogP contribution in [0.3, 0.4) is 0 Å². The summed E-state index contributed by atoms with van der Waals surface area (Å²) in [5, 5.41) is 2.87. The highest BCUT2D eigenvalue weighted by molar-refractivity contribution is 7.90. The van der Waals surface area contributed by atoms with Gasteiger partial charge < -0.3 is 5.32 Å². The van der Waals surface area contributed by atoms with Crippen molar-refractivity contribution in [1.82, 2.24) is 14.4 Å².